The first-order valence-corrected chi connectivity index (χ1v) is 10.9. The van der Waals surface area contributed by atoms with Gasteiger partial charge in [-0.1, -0.05) is 72.8 Å². The number of hydrogen-bond acceptors (Lipinski definition) is 5. The Hall–Kier alpha value is -3.55. The number of rotatable bonds is 5. The number of benzene rings is 3. The molecule has 0 aliphatic carbocycles. The molecule has 2 aliphatic heterocycles. The summed E-state index contributed by atoms with van der Waals surface area (Å²) in [5, 5.41) is 6.16. The largest absolute Gasteiger partial charge is 0.434 e. The fourth-order valence-electron chi connectivity index (χ4n) is 4.71. The van der Waals surface area contributed by atoms with E-state index in [-0.39, 0.29) is 24.2 Å². The van der Waals surface area contributed by atoms with E-state index in [0.29, 0.717) is 13.1 Å². The highest BCUT2D eigenvalue weighted by atomic mass is 19.1. The molecule has 2 saturated heterocycles. The van der Waals surface area contributed by atoms with Gasteiger partial charge in [-0.15, -0.1) is 0 Å². The number of halogens is 1. The molecule has 2 atom stereocenters. The first-order chi connectivity index (χ1) is 16.1. The topological polar surface area (TPSA) is 70.7 Å². The van der Waals surface area contributed by atoms with Crippen LogP contribution in [0.3, 0.4) is 0 Å². The Kier molecular flexibility index (Phi) is 5.66. The molecule has 0 spiro atoms. The van der Waals surface area contributed by atoms with Gasteiger partial charge in [0.15, 0.2) is 0 Å². The van der Waals surface area contributed by atoms with Gasteiger partial charge >= 0.3 is 5.97 Å². The molecule has 1 amide bonds. The number of amides is 1. The van der Waals surface area contributed by atoms with E-state index in [4.69, 9.17) is 4.74 Å². The number of hydrogen-bond donors (Lipinski definition) is 2. The average molecular weight is 445 g/mol. The highest BCUT2D eigenvalue weighted by Gasteiger charge is 2.60. The summed E-state index contributed by atoms with van der Waals surface area (Å²) in [4.78, 5) is 28.4. The molecule has 2 N–H and O–H groups in total. The number of carbonyl (C=O) groups is 2. The zero-order valence-corrected chi connectivity index (χ0v) is 17.9. The number of carbonyl (C=O) groups excluding carboxylic acids is 2. The van der Waals surface area contributed by atoms with Crippen LogP contribution in [-0.2, 0) is 26.6 Å². The van der Waals surface area contributed by atoms with Crippen LogP contribution >= 0.6 is 0 Å². The highest BCUT2D eigenvalue weighted by molar-refractivity contribution is 5.86. The van der Waals surface area contributed by atoms with Crippen molar-refractivity contribution in [3.63, 3.8) is 0 Å². The molecule has 7 heteroatoms. The number of fused-ring (bicyclic) bond motifs is 1. The first-order valence-electron chi connectivity index (χ1n) is 10.9. The third-order valence-corrected chi connectivity index (χ3v) is 6.24. The number of cyclic esters (lactones) is 1. The predicted molar refractivity (Wildman–Crippen MR) is 120 cm³/mol. The summed E-state index contributed by atoms with van der Waals surface area (Å²) < 4.78 is 19.4. The van der Waals surface area contributed by atoms with E-state index in [1.807, 2.05) is 65.6 Å². The lowest BCUT2D eigenvalue weighted by Gasteiger charge is -2.44. The van der Waals surface area contributed by atoms with Crippen LogP contribution in [-0.4, -0.2) is 41.9 Å². The van der Waals surface area contributed by atoms with E-state index < -0.39 is 17.8 Å². The smallest absolute Gasteiger partial charge is 0.327 e. The summed E-state index contributed by atoms with van der Waals surface area (Å²) in [5.74, 6) is -0.926. The molecule has 33 heavy (non-hydrogen) atoms. The molecule has 168 valence electrons. The molecule has 2 fully saturated rings. The van der Waals surface area contributed by atoms with Gasteiger partial charge in [-0.25, -0.2) is 9.29 Å². The van der Waals surface area contributed by atoms with E-state index in [1.165, 1.54) is 12.1 Å². The Labute approximate surface area is 191 Å². The Balaban J connectivity index is 1.53. The van der Waals surface area contributed by atoms with Crippen molar-refractivity contribution in [1.82, 2.24) is 15.5 Å². The summed E-state index contributed by atoms with van der Waals surface area (Å²) in [6.45, 7) is 1.01. The molecule has 2 heterocycles. The molecule has 2 aliphatic rings. The summed E-state index contributed by atoms with van der Waals surface area (Å²) in [6, 6.07) is 23.8. The lowest BCUT2D eigenvalue weighted by atomic mass is 9.90. The third kappa shape index (κ3) is 3.79. The number of esters is 1. The Morgan fingerprint density at radius 1 is 0.970 bits per heavy atom. The summed E-state index contributed by atoms with van der Waals surface area (Å²) in [6.07, 6.45) is 0. The van der Waals surface area contributed by atoms with Crippen molar-refractivity contribution in [2.24, 2.45) is 0 Å². The fourth-order valence-corrected chi connectivity index (χ4v) is 4.71. The maximum absolute atomic E-state index is 13.4. The second-order valence-corrected chi connectivity index (χ2v) is 8.24. The Bertz CT molecular complexity index is 1100. The molecular weight excluding hydrogens is 421 g/mol. The summed E-state index contributed by atoms with van der Waals surface area (Å²) >= 11 is 0. The van der Waals surface area contributed by atoms with Crippen LogP contribution in [0.5, 0.6) is 0 Å². The fraction of sp³-hybridized carbons (Fsp3) is 0.231. The molecule has 3 aromatic rings. The molecule has 6 nitrogen and oxygen atoms in total. The number of piperazine rings is 1. The molecule has 0 bridgehead atoms. The second-order valence-electron chi connectivity index (χ2n) is 8.24. The van der Waals surface area contributed by atoms with Crippen LogP contribution in [0.1, 0.15) is 16.7 Å². The van der Waals surface area contributed by atoms with E-state index >= 15 is 0 Å². The molecule has 3 aromatic carbocycles. The lowest BCUT2D eigenvalue weighted by Crippen LogP contribution is -2.65. The van der Waals surface area contributed by atoms with Gasteiger partial charge in [-0.05, 0) is 17.7 Å². The number of nitrogens with zero attached hydrogens (tertiary/aromatic N) is 1. The minimum absolute atomic E-state index is 0.230. The van der Waals surface area contributed by atoms with Crippen LogP contribution in [0.4, 0.5) is 4.39 Å². The minimum Gasteiger partial charge on any atom is -0.434 e. The summed E-state index contributed by atoms with van der Waals surface area (Å²) in [7, 11) is 0. The molecular formula is C26H24FN3O3. The standard InChI is InChI=1S/C26H24FN3O3/c27-21-13-11-18(12-14-21)15-29-24(31)22-16-28-17-23-25(32)33-26(30(22)23,19-7-3-1-4-8-19)20-9-5-2-6-10-20/h1-14,22-23,28H,15-17H2,(H,29,31). The molecule has 0 aromatic heterocycles. The van der Waals surface area contributed by atoms with Crippen LogP contribution in [0.25, 0.3) is 0 Å². The van der Waals surface area contributed by atoms with Crippen LogP contribution in [0.15, 0.2) is 84.9 Å². The van der Waals surface area contributed by atoms with Crippen molar-refractivity contribution >= 4 is 11.9 Å². The van der Waals surface area contributed by atoms with Crippen LogP contribution in [0, 0.1) is 5.82 Å². The van der Waals surface area contributed by atoms with E-state index in [9.17, 15) is 14.0 Å². The number of nitrogens with one attached hydrogen (secondary N) is 2. The minimum atomic E-state index is -1.22. The SMILES string of the molecule is O=C(NCc1ccc(F)cc1)C1CNCC2C(=O)OC(c3ccccc3)(c3ccccc3)N12. The van der Waals surface area contributed by atoms with E-state index in [1.54, 1.807) is 12.1 Å². The van der Waals surface area contributed by atoms with E-state index in [0.717, 1.165) is 16.7 Å². The van der Waals surface area contributed by atoms with Gasteiger partial charge in [0.05, 0.1) is 0 Å². The van der Waals surface area contributed by atoms with Gasteiger partial charge in [-0.3, -0.25) is 9.59 Å². The highest BCUT2D eigenvalue weighted by Crippen LogP contribution is 2.45. The zero-order valence-electron chi connectivity index (χ0n) is 17.9. The molecule has 2 unspecified atom stereocenters. The quantitative estimate of drug-likeness (QED) is 0.591. The van der Waals surface area contributed by atoms with Gasteiger partial charge in [0.25, 0.3) is 0 Å². The second kappa shape index (κ2) is 8.77. The number of ether oxygens (including phenoxy) is 1. The summed E-state index contributed by atoms with van der Waals surface area (Å²) in [5.41, 5.74) is 1.14. The molecule has 0 radical (unpaired) electrons. The van der Waals surface area contributed by atoms with Crippen molar-refractivity contribution in [2.75, 3.05) is 13.1 Å². The Morgan fingerprint density at radius 3 is 2.18 bits per heavy atom. The van der Waals surface area contributed by atoms with Gasteiger partial charge in [0, 0.05) is 30.8 Å². The van der Waals surface area contributed by atoms with Crippen molar-refractivity contribution in [2.45, 2.75) is 24.4 Å². The normalized spacial score (nSPS) is 21.8. The average Bonchev–Trinajstić information content (AvgIpc) is 3.18. The first kappa shape index (κ1) is 21.3. The van der Waals surface area contributed by atoms with Crippen LogP contribution < -0.4 is 10.6 Å². The molecule has 0 saturated carbocycles. The predicted octanol–water partition coefficient (Wildman–Crippen LogP) is 2.54. The zero-order chi connectivity index (χ0) is 22.8. The van der Waals surface area contributed by atoms with Gasteiger partial charge in [0.2, 0.25) is 11.6 Å². The maximum atomic E-state index is 13.4. The third-order valence-electron chi connectivity index (χ3n) is 6.24. The van der Waals surface area contributed by atoms with Crippen molar-refractivity contribution < 1.29 is 18.7 Å². The van der Waals surface area contributed by atoms with Gasteiger partial charge < -0.3 is 15.4 Å². The van der Waals surface area contributed by atoms with Crippen molar-refractivity contribution in [3.8, 4) is 0 Å². The maximum Gasteiger partial charge on any atom is 0.327 e. The lowest BCUT2D eigenvalue weighted by molar-refractivity contribution is -0.153. The van der Waals surface area contributed by atoms with Crippen molar-refractivity contribution in [3.05, 3.63) is 107 Å². The molecule has 5 rings (SSSR count). The van der Waals surface area contributed by atoms with Crippen LogP contribution in [0.2, 0.25) is 0 Å². The van der Waals surface area contributed by atoms with Crippen molar-refractivity contribution in [1.29, 1.82) is 0 Å². The monoisotopic (exact) mass is 445 g/mol. The van der Waals surface area contributed by atoms with Gasteiger partial charge in [-0.2, -0.15) is 0 Å². The van der Waals surface area contributed by atoms with Gasteiger partial charge in [0.1, 0.15) is 17.9 Å². The Morgan fingerprint density at radius 2 is 1.58 bits per heavy atom. The van der Waals surface area contributed by atoms with E-state index in [2.05, 4.69) is 10.6 Å².